The van der Waals surface area contributed by atoms with Crippen LogP contribution >= 0.6 is 0 Å². The van der Waals surface area contributed by atoms with Crippen molar-refractivity contribution in [3.63, 3.8) is 0 Å². The molecule has 0 spiro atoms. The third-order valence-electron chi connectivity index (χ3n) is 4.89. The molecule has 2 aromatic rings. The highest BCUT2D eigenvalue weighted by Crippen LogP contribution is 2.28. The van der Waals surface area contributed by atoms with Crippen molar-refractivity contribution in [3.8, 4) is 5.75 Å². The van der Waals surface area contributed by atoms with Gasteiger partial charge in [0.05, 0.1) is 18.1 Å². The average Bonchev–Trinajstić information content (AvgIpc) is 3.14. The fourth-order valence-electron chi connectivity index (χ4n) is 3.19. The van der Waals surface area contributed by atoms with E-state index >= 15 is 0 Å². The van der Waals surface area contributed by atoms with Crippen molar-refractivity contribution in [1.29, 1.82) is 0 Å². The fraction of sp³-hybridized carbons (Fsp3) is 0.400. The minimum atomic E-state index is -3.64. The van der Waals surface area contributed by atoms with Gasteiger partial charge in [-0.15, -0.1) is 0 Å². The molecule has 0 aliphatic carbocycles. The number of nitrogens with zero attached hydrogens (tertiary/aromatic N) is 1. The first-order valence-electron chi connectivity index (χ1n) is 9.07. The molecule has 0 radical (unpaired) electrons. The average molecular weight is 391 g/mol. The van der Waals surface area contributed by atoms with Crippen LogP contribution in [0.25, 0.3) is 0 Å². The Balaban J connectivity index is 1.75. The molecule has 1 unspecified atom stereocenters. The molecule has 1 aliphatic heterocycles. The van der Waals surface area contributed by atoms with Gasteiger partial charge in [-0.05, 0) is 35.7 Å². The number of aliphatic hydroxyl groups is 1. The van der Waals surface area contributed by atoms with Crippen LogP contribution in [0.1, 0.15) is 29.7 Å². The summed E-state index contributed by atoms with van der Waals surface area (Å²) in [5.74, 6) is 0.953. The number of benzene rings is 2. The van der Waals surface area contributed by atoms with Crippen LogP contribution in [0.5, 0.6) is 5.75 Å². The third-order valence-corrected chi connectivity index (χ3v) is 6.85. The van der Waals surface area contributed by atoms with Gasteiger partial charge in [0.1, 0.15) is 5.75 Å². The van der Waals surface area contributed by atoms with E-state index in [-0.39, 0.29) is 24.1 Å². The monoisotopic (exact) mass is 390 g/mol. The Morgan fingerprint density at radius 1 is 1.26 bits per heavy atom. The zero-order chi connectivity index (χ0) is 19.4. The maximum atomic E-state index is 12.8. The van der Waals surface area contributed by atoms with E-state index < -0.39 is 10.0 Å². The van der Waals surface area contributed by atoms with Gasteiger partial charge in [0.25, 0.3) is 0 Å². The number of hydrogen-bond donors (Lipinski definition) is 2. The largest absolute Gasteiger partial charge is 0.493 e. The summed E-state index contributed by atoms with van der Waals surface area (Å²) in [6.07, 6.45) is 0.925. The van der Waals surface area contributed by atoms with E-state index in [1.807, 2.05) is 24.3 Å². The van der Waals surface area contributed by atoms with Crippen molar-refractivity contribution < 1.29 is 18.3 Å². The van der Waals surface area contributed by atoms with Crippen molar-refractivity contribution in [1.82, 2.24) is 9.62 Å². The number of hydrogen-bond acceptors (Lipinski definition) is 5. The number of ether oxygens (including phenoxy) is 1. The lowest BCUT2D eigenvalue weighted by Gasteiger charge is -2.20. The molecule has 0 amide bonds. The van der Waals surface area contributed by atoms with Gasteiger partial charge in [0, 0.05) is 32.6 Å². The molecule has 0 saturated carbocycles. The van der Waals surface area contributed by atoms with E-state index in [0.29, 0.717) is 12.1 Å². The molecule has 0 bridgehead atoms. The lowest BCUT2D eigenvalue weighted by atomic mass is 10.0. The van der Waals surface area contributed by atoms with Crippen LogP contribution in [0.3, 0.4) is 0 Å². The summed E-state index contributed by atoms with van der Waals surface area (Å²) in [6.45, 7) is 3.07. The number of likely N-dealkylation sites (N-methyl/N-ethyl adjacent to an activating group) is 1. The quantitative estimate of drug-likeness (QED) is 0.722. The number of aliphatic hydroxyl groups excluding tert-OH is 1. The first kappa shape index (κ1) is 19.8. The summed E-state index contributed by atoms with van der Waals surface area (Å²) in [7, 11) is -2.16. The lowest BCUT2D eigenvalue weighted by Crippen LogP contribution is -2.31. The normalized spacial score (nSPS) is 14.8. The van der Waals surface area contributed by atoms with Gasteiger partial charge in [0.2, 0.25) is 10.0 Å². The molecule has 6 nitrogen and oxygen atoms in total. The van der Waals surface area contributed by atoms with E-state index in [4.69, 9.17) is 9.84 Å². The predicted octanol–water partition coefficient (Wildman–Crippen LogP) is 2.09. The second kappa shape index (κ2) is 8.39. The van der Waals surface area contributed by atoms with Gasteiger partial charge in [-0.25, -0.2) is 8.42 Å². The highest BCUT2D eigenvalue weighted by Gasteiger charge is 2.23. The Kier molecular flexibility index (Phi) is 6.16. The standard InChI is InChI=1S/C20H26N2O4S/c1-15(16-7-8-19-17(13-16)9-12-26-19)21-14-18-5-3-4-6-20(18)27(24,25)22(2)10-11-23/h3-8,13,15,21,23H,9-12,14H2,1-2H3. The zero-order valence-corrected chi connectivity index (χ0v) is 16.5. The van der Waals surface area contributed by atoms with E-state index in [1.165, 1.54) is 16.9 Å². The summed E-state index contributed by atoms with van der Waals surface area (Å²) in [4.78, 5) is 0.267. The highest BCUT2D eigenvalue weighted by molar-refractivity contribution is 7.89. The van der Waals surface area contributed by atoms with Crippen molar-refractivity contribution in [2.75, 3.05) is 26.8 Å². The molecule has 0 aromatic heterocycles. The van der Waals surface area contributed by atoms with Crippen LogP contribution in [0.4, 0.5) is 0 Å². The summed E-state index contributed by atoms with van der Waals surface area (Å²) >= 11 is 0. The summed E-state index contributed by atoms with van der Waals surface area (Å²) in [5, 5.41) is 12.5. The maximum absolute atomic E-state index is 12.8. The minimum Gasteiger partial charge on any atom is -0.493 e. The van der Waals surface area contributed by atoms with Crippen LogP contribution in [0.2, 0.25) is 0 Å². The summed E-state index contributed by atoms with van der Waals surface area (Å²) in [5.41, 5.74) is 3.07. The van der Waals surface area contributed by atoms with Crippen molar-refractivity contribution in [2.45, 2.75) is 30.8 Å². The van der Waals surface area contributed by atoms with Crippen LogP contribution in [0.15, 0.2) is 47.4 Å². The van der Waals surface area contributed by atoms with Crippen molar-refractivity contribution in [3.05, 3.63) is 59.2 Å². The smallest absolute Gasteiger partial charge is 0.243 e. The molecule has 7 heteroatoms. The van der Waals surface area contributed by atoms with Crippen LogP contribution in [-0.2, 0) is 23.0 Å². The van der Waals surface area contributed by atoms with Gasteiger partial charge in [-0.3, -0.25) is 0 Å². The van der Waals surface area contributed by atoms with Gasteiger partial charge in [-0.1, -0.05) is 30.3 Å². The third kappa shape index (κ3) is 4.32. The molecular weight excluding hydrogens is 364 g/mol. The van der Waals surface area contributed by atoms with E-state index in [0.717, 1.165) is 24.3 Å². The van der Waals surface area contributed by atoms with Crippen LogP contribution < -0.4 is 10.1 Å². The second-order valence-corrected chi connectivity index (χ2v) is 8.74. The first-order chi connectivity index (χ1) is 12.9. The van der Waals surface area contributed by atoms with E-state index in [1.54, 1.807) is 12.1 Å². The molecule has 0 fully saturated rings. The molecule has 1 heterocycles. The summed E-state index contributed by atoms with van der Waals surface area (Å²) < 4.78 is 32.2. The molecule has 146 valence electrons. The molecular formula is C20H26N2O4S. The number of fused-ring (bicyclic) bond motifs is 1. The molecule has 0 saturated heterocycles. The molecule has 2 N–H and O–H groups in total. The highest BCUT2D eigenvalue weighted by atomic mass is 32.2. The maximum Gasteiger partial charge on any atom is 0.243 e. The van der Waals surface area contributed by atoms with Gasteiger partial charge >= 0.3 is 0 Å². The first-order valence-corrected chi connectivity index (χ1v) is 10.5. The number of sulfonamides is 1. The number of nitrogens with one attached hydrogen (secondary N) is 1. The Bertz CT molecular complexity index is 899. The fourth-order valence-corrected chi connectivity index (χ4v) is 4.57. The molecule has 27 heavy (non-hydrogen) atoms. The SMILES string of the molecule is CC(NCc1ccccc1S(=O)(=O)N(C)CCO)c1ccc2c(c1)CCO2. The second-order valence-electron chi connectivity index (χ2n) is 6.73. The van der Waals surface area contributed by atoms with Crippen LogP contribution in [-0.4, -0.2) is 44.6 Å². The molecule has 2 aromatic carbocycles. The Morgan fingerprint density at radius 2 is 2.04 bits per heavy atom. The number of rotatable bonds is 8. The summed E-state index contributed by atoms with van der Waals surface area (Å²) in [6, 6.07) is 13.2. The van der Waals surface area contributed by atoms with Gasteiger partial charge < -0.3 is 15.2 Å². The van der Waals surface area contributed by atoms with E-state index in [9.17, 15) is 8.42 Å². The minimum absolute atomic E-state index is 0.0672. The lowest BCUT2D eigenvalue weighted by molar-refractivity contribution is 0.266. The molecule has 1 atom stereocenters. The Labute approximate surface area is 160 Å². The topological polar surface area (TPSA) is 78.9 Å². The van der Waals surface area contributed by atoms with E-state index in [2.05, 4.69) is 18.3 Å². The zero-order valence-electron chi connectivity index (χ0n) is 15.7. The Morgan fingerprint density at radius 3 is 2.81 bits per heavy atom. The molecule has 1 aliphatic rings. The predicted molar refractivity (Wildman–Crippen MR) is 104 cm³/mol. The molecule has 3 rings (SSSR count). The van der Waals surface area contributed by atoms with Gasteiger partial charge in [-0.2, -0.15) is 4.31 Å². The Hall–Kier alpha value is -1.93. The van der Waals surface area contributed by atoms with Crippen molar-refractivity contribution in [2.24, 2.45) is 0 Å². The van der Waals surface area contributed by atoms with Gasteiger partial charge in [0.15, 0.2) is 0 Å². The van der Waals surface area contributed by atoms with Crippen LogP contribution in [0, 0.1) is 0 Å². The van der Waals surface area contributed by atoms with Crippen molar-refractivity contribution >= 4 is 10.0 Å².